The fourth-order valence-corrected chi connectivity index (χ4v) is 2.53. The average Bonchev–Trinajstić information content (AvgIpc) is 2.35. The number of nitrogens with zero attached hydrogens (tertiary/aromatic N) is 3. The van der Waals surface area contributed by atoms with Crippen LogP contribution in [-0.2, 0) is 0 Å². The number of anilines is 1. The summed E-state index contributed by atoms with van der Waals surface area (Å²) in [5.41, 5.74) is 1.69. The summed E-state index contributed by atoms with van der Waals surface area (Å²) in [6.07, 6.45) is 1.06. The van der Waals surface area contributed by atoms with Crippen LogP contribution in [-0.4, -0.2) is 34.4 Å². The fraction of sp³-hybridized carbons (Fsp3) is 0.643. The lowest BCUT2D eigenvalue weighted by Gasteiger charge is -2.36. The van der Waals surface area contributed by atoms with Crippen LogP contribution in [0.1, 0.15) is 41.9 Å². The highest BCUT2D eigenvalue weighted by molar-refractivity contribution is 5.95. The predicted octanol–water partition coefficient (Wildman–Crippen LogP) is 2.27. The van der Waals surface area contributed by atoms with Gasteiger partial charge in [-0.25, -0.2) is 4.79 Å². The van der Waals surface area contributed by atoms with E-state index < -0.39 is 5.97 Å². The van der Waals surface area contributed by atoms with Gasteiger partial charge in [-0.1, -0.05) is 13.8 Å². The summed E-state index contributed by atoms with van der Waals surface area (Å²) in [6.45, 7) is 9.73. The molecule has 2 atom stereocenters. The van der Waals surface area contributed by atoms with Gasteiger partial charge in [0.15, 0.2) is 5.82 Å². The molecule has 5 heteroatoms. The van der Waals surface area contributed by atoms with E-state index >= 15 is 0 Å². The van der Waals surface area contributed by atoms with E-state index in [-0.39, 0.29) is 0 Å². The minimum Gasteiger partial charge on any atom is -0.478 e. The predicted molar refractivity (Wildman–Crippen MR) is 73.6 cm³/mol. The van der Waals surface area contributed by atoms with Crippen molar-refractivity contribution in [1.29, 1.82) is 0 Å². The van der Waals surface area contributed by atoms with Crippen molar-refractivity contribution < 1.29 is 9.90 Å². The Morgan fingerprint density at radius 1 is 1.26 bits per heavy atom. The topological polar surface area (TPSA) is 66.3 Å². The molecule has 104 valence electrons. The Balaban J connectivity index is 2.40. The first-order chi connectivity index (χ1) is 8.91. The maximum atomic E-state index is 11.5. The Labute approximate surface area is 113 Å². The molecule has 19 heavy (non-hydrogen) atoms. The molecule has 1 aliphatic rings. The molecule has 2 unspecified atom stereocenters. The molecule has 0 amide bonds. The first-order valence-electron chi connectivity index (χ1n) is 6.74. The molecular weight excluding hydrogens is 242 g/mol. The van der Waals surface area contributed by atoms with Crippen molar-refractivity contribution in [3.8, 4) is 0 Å². The maximum absolute atomic E-state index is 11.5. The third kappa shape index (κ3) is 2.55. The van der Waals surface area contributed by atoms with Gasteiger partial charge in [0.05, 0.1) is 5.69 Å². The van der Waals surface area contributed by atoms with Gasteiger partial charge in [0, 0.05) is 13.1 Å². The van der Waals surface area contributed by atoms with Crippen molar-refractivity contribution in [1.82, 2.24) is 10.2 Å². The van der Waals surface area contributed by atoms with Gasteiger partial charge in [-0.05, 0) is 37.7 Å². The Kier molecular flexibility index (Phi) is 3.73. The fourth-order valence-electron chi connectivity index (χ4n) is 2.53. The number of hydrogen-bond donors (Lipinski definition) is 1. The summed E-state index contributed by atoms with van der Waals surface area (Å²) in [4.78, 5) is 13.6. The highest BCUT2D eigenvalue weighted by Gasteiger charge is 2.28. The Bertz CT molecular complexity index is 502. The lowest BCUT2D eigenvalue weighted by Crippen LogP contribution is -2.40. The highest BCUT2D eigenvalue weighted by Crippen LogP contribution is 2.29. The summed E-state index contributed by atoms with van der Waals surface area (Å²) in [5, 5.41) is 17.6. The van der Waals surface area contributed by atoms with E-state index in [9.17, 15) is 9.90 Å². The van der Waals surface area contributed by atoms with Crippen LogP contribution in [0.4, 0.5) is 5.82 Å². The third-order valence-corrected chi connectivity index (χ3v) is 4.28. The SMILES string of the molecule is Cc1nnc(N2CCC(C)C(C)C2)c(C(=O)O)c1C. The number of hydrogen-bond acceptors (Lipinski definition) is 4. The highest BCUT2D eigenvalue weighted by atomic mass is 16.4. The molecule has 1 N–H and O–H groups in total. The van der Waals surface area contributed by atoms with Crippen LogP contribution in [0.5, 0.6) is 0 Å². The Morgan fingerprint density at radius 2 is 1.95 bits per heavy atom. The molecule has 2 rings (SSSR count). The van der Waals surface area contributed by atoms with Crippen molar-refractivity contribution in [3.63, 3.8) is 0 Å². The third-order valence-electron chi connectivity index (χ3n) is 4.28. The van der Waals surface area contributed by atoms with Gasteiger partial charge in [-0.2, -0.15) is 5.10 Å². The monoisotopic (exact) mass is 263 g/mol. The molecule has 0 aromatic carbocycles. The maximum Gasteiger partial charge on any atom is 0.339 e. The molecule has 1 aromatic heterocycles. The molecule has 0 aliphatic carbocycles. The van der Waals surface area contributed by atoms with Gasteiger partial charge in [0.25, 0.3) is 0 Å². The minimum absolute atomic E-state index is 0.300. The molecule has 1 fully saturated rings. The second kappa shape index (κ2) is 5.15. The van der Waals surface area contributed by atoms with Crippen molar-refractivity contribution in [3.05, 3.63) is 16.8 Å². The van der Waals surface area contributed by atoms with Gasteiger partial charge >= 0.3 is 5.97 Å². The zero-order valence-electron chi connectivity index (χ0n) is 12.0. The number of piperidine rings is 1. The standard InChI is InChI=1S/C14H21N3O2/c1-8-5-6-17(7-9(8)2)13-12(14(18)19)10(3)11(4)15-16-13/h8-9H,5-7H2,1-4H3,(H,18,19). The van der Waals surface area contributed by atoms with E-state index in [1.807, 2.05) is 0 Å². The first-order valence-corrected chi connectivity index (χ1v) is 6.74. The van der Waals surface area contributed by atoms with E-state index in [4.69, 9.17) is 0 Å². The van der Waals surface area contributed by atoms with Crippen molar-refractivity contribution in [2.45, 2.75) is 34.1 Å². The van der Waals surface area contributed by atoms with Gasteiger partial charge in [0.1, 0.15) is 5.56 Å². The van der Waals surface area contributed by atoms with E-state index in [0.717, 1.165) is 19.5 Å². The molecule has 1 aliphatic heterocycles. The number of carboxylic acid groups (broad SMARTS) is 1. The van der Waals surface area contributed by atoms with E-state index in [2.05, 4.69) is 28.9 Å². The van der Waals surface area contributed by atoms with E-state index in [1.165, 1.54) is 0 Å². The van der Waals surface area contributed by atoms with Crippen LogP contribution in [0.15, 0.2) is 0 Å². The molecule has 0 radical (unpaired) electrons. The number of aromatic nitrogens is 2. The van der Waals surface area contributed by atoms with Crippen molar-refractivity contribution in [2.24, 2.45) is 11.8 Å². The lowest BCUT2D eigenvalue weighted by atomic mass is 9.88. The number of carbonyl (C=O) groups is 1. The molecular formula is C14H21N3O2. The van der Waals surface area contributed by atoms with E-state index in [0.29, 0.717) is 34.5 Å². The van der Waals surface area contributed by atoms with E-state index in [1.54, 1.807) is 13.8 Å². The van der Waals surface area contributed by atoms with Crippen molar-refractivity contribution >= 4 is 11.8 Å². The molecule has 1 saturated heterocycles. The molecule has 0 saturated carbocycles. The quantitative estimate of drug-likeness (QED) is 0.886. The van der Waals surface area contributed by atoms with Gasteiger partial charge < -0.3 is 10.0 Å². The van der Waals surface area contributed by atoms with Crippen molar-refractivity contribution in [2.75, 3.05) is 18.0 Å². The molecule has 1 aromatic rings. The van der Waals surface area contributed by atoms with Crippen LogP contribution in [0.3, 0.4) is 0 Å². The van der Waals surface area contributed by atoms with Crippen LogP contribution < -0.4 is 4.90 Å². The molecule has 0 spiro atoms. The molecule has 0 bridgehead atoms. The summed E-state index contributed by atoms with van der Waals surface area (Å²) in [7, 11) is 0. The molecule has 5 nitrogen and oxygen atoms in total. The minimum atomic E-state index is -0.920. The van der Waals surface area contributed by atoms with Crippen LogP contribution in [0.2, 0.25) is 0 Å². The van der Waals surface area contributed by atoms with Gasteiger partial charge in [-0.15, -0.1) is 5.10 Å². The summed E-state index contributed by atoms with van der Waals surface area (Å²) < 4.78 is 0. The largest absolute Gasteiger partial charge is 0.478 e. The summed E-state index contributed by atoms with van der Waals surface area (Å²) in [6, 6.07) is 0. The van der Waals surface area contributed by atoms with Crippen LogP contribution in [0.25, 0.3) is 0 Å². The Morgan fingerprint density at radius 3 is 2.53 bits per heavy atom. The van der Waals surface area contributed by atoms with Crippen LogP contribution in [0, 0.1) is 25.7 Å². The summed E-state index contributed by atoms with van der Waals surface area (Å²) in [5.74, 6) is 0.814. The van der Waals surface area contributed by atoms with Crippen LogP contribution >= 0.6 is 0 Å². The first kappa shape index (κ1) is 13.8. The normalized spacial score (nSPS) is 23.5. The van der Waals surface area contributed by atoms with Gasteiger partial charge in [0.2, 0.25) is 0 Å². The zero-order chi connectivity index (χ0) is 14.2. The number of aryl methyl sites for hydroxylation is 1. The average molecular weight is 263 g/mol. The summed E-state index contributed by atoms with van der Waals surface area (Å²) >= 11 is 0. The second-order valence-corrected chi connectivity index (χ2v) is 5.60. The zero-order valence-corrected chi connectivity index (χ0v) is 12.0. The second-order valence-electron chi connectivity index (χ2n) is 5.60. The Hall–Kier alpha value is -1.65. The number of carboxylic acids is 1. The number of aromatic carboxylic acids is 1. The smallest absolute Gasteiger partial charge is 0.339 e. The van der Waals surface area contributed by atoms with Gasteiger partial charge in [-0.3, -0.25) is 0 Å². The lowest BCUT2D eigenvalue weighted by molar-refractivity contribution is 0.0695. The number of rotatable bonds is 2. The molecule has 2 heterocycles.